The maximum atomic E-state index is 11.4. The van der Waals surface area contributed by atoms with E-state index in [0.717, 1.165) is 23.1 Å². The van der Waals surface area contributed by atoms with Crippen LogP contribution in [0.4, 0.5) is 0 Å². The molecule has 0 radical (unpaired) electrons. The van der Waals surface area contributed by atoms with Crippen LogP contribution in [0.1, 0.15) is 59.1 Å². The molecule has 5 nitrogen and oxygen atoms in total. The molecule has 0 amide bonds. The molecule has 4 N–H and O–H groups in total. The van der Waals surface area contributed by atoms with Gasteiger partial charge in [-0.1, -0.05) is 84.0 Å². The molecule has 2 rings (SSSR count). The van der Waals surface area contributed by atoms with Gasteiger partial charge in [0.25, 0.3) is 0 Å². The molecule has 0 spiro atoms. The number of hydrogen-bond donors (Lipinski definition) is 2. The zero-order valence-electron chi connectivity index (χ0n) is 17.8. The van der Waals surface area contributed by atoms with Gasteiger partial charge < -0.3 is 4.84 Å². The van der Waals surface area contributed by atoms with Gasteiger partial charge in [-0.05, 0) is 30.0 Å². The minimum Gasteiger partial charge on any atom is -0.411 e. The topological polar surface area (TPSA) is 95.4 Å². The Morgan fingerprint density at radius 1 is 0.929 bits per heavy atom. The average Bonchev–Trinajstić information content (AvgIpc) is 2.74. The summed E-state index contributed by atoms with van der Waals surface area (Å²) in [7, 11) is -3.72. The first-order valence-electron chi connectivity index (χ1n) is 9.68. The molecule has 0 bridgehead atoms. The van der Waals surface area contributed by atoms with E-state index in [9.17, 15) is 8.42 Å². The van der Waals surface area contributed by atoms with Gasteiger partial charge in [0.1, 0.15) is 0 Å². The molecule has 0 aliphatic heterocycles. The smallest absolute Gasteiger partial charge is 0.238 e. The molecule has 28 heavy (non-hydrogen) atoms. The van der Waals surface area contributed by atoms with Gasteiger partial charge in [0.2, 0.25) is 10.0 Å². The lowest BCUT2D eigenvalue weighted by atomic mass is 9.89. The predicted molar refractivity (Wildman–Crippen MR) is 118 cm³/mol. The molecule has 0 aromatic heterocycles. The summed E-state index contributed by atoms with van der Waals surface area (Å²) in [5.41, 5.74) is 2.64. The Bertz CT molecular complexity index is 815. The monoisotopic (exact) mass is 406 g/mol. The summed E-state index contributed by atoms with van der Waals surface area (Å²) < 4.78 is 22.9. The summed E-state index contributed by atoms with van der Waals surface area (Å²) in [6.45, 7) is 12.1. The van der Waals surface area contributed by atoms with E-state index in [4.69, 9.17) is 15.9 Å². The zero-order valence-corrected chi connectivity index (χ0v) is 18.6. The van der Waals surface area contributed by atoms with E-state index in [1.165, 1.54) is 12.1 Å². The second kappa shape index (κ2) is 13.1. The summed E-state index contributed by atoms with van der Waals surface area (Å²) in [6.07, 6.45) is 0.881. The molecule has 0 heterocycles. The van der Waals surface area contributed by atoms with E-state index in [-0.39, 0.29) is 10.8 Å². The van der Waals surface area contributed by atoms with Crippen molar-refractivity contribution in [3.8, 4) is 0 Å². The van der Waals surface area contributed by atoms with Crippen LogP contribution in [-0.2, 0) is 14.9 Å². The van der Waals surface area contributed by atoms with Gasteiger partial charge in [0.15, 0.2) is 5.76 Å². The largest absolute Gasteiger partial charge is 0.411 e. The van der Waals surface area contributed by atoms with E-state index in [1.807, 2.05) is 58.0 Å². The molecule has 6 heteroatoms. The normalized spacial score (nSPS) is 12.4. The molecule has 2 aromatic carbocycles. The first-order valence-corrected chi connectivity index (χ1v) is 11.2. The van der Waals surface area contributed by atoms with Crippen molar-refractivity contribution in [2.45, 2.75) is 52.9 Å². The molecular formula is C22H34N2O3S. The van der Waals surface area contributed by atoms with Crippen molar-refractivity contribution >= 4 is 21.4 Å². The van der Waals surface area contributed by atoms with Crippen molar-refractivity contribution in [1.82, 2.24) is 0 Å². The van der Waals surface area contributed by atoms with Crippen molar-refractivity contribution in [2.75, 3.05) is 0 Å². The Hall–Kier alpha value is -2.15. The van der Waals surface area contributed by atoms with Crippen LogP contribution in [0.25, 0.3) is 11.3 Å². The molecule has 1 unspecified atom stereocenters. The lowest BCUT2D eigenvalue weighted by Gasteiger charge is -2.19. The van der Waals surface area contributed by atoms with Gasteiger partial charge in [-0.2, -0.15) is 5.90 Å². The average molecular weight is 407 g/mol. The lowest BCUT2D eigenvalue weighted by Crippen LogP contribution is -2.12. The molecule has 156 valence electrons. The van der Waals surface area contributed by atoms with Crippen molar-refractivity contribution < 1.29 is 13.3 Å². The molecule has 0 saturated heterocycles. The first-order chi connectivity index (χ1) is 13.4. The molecule has 0 saturated carbocycles. The van der Waals surface area contributed by atoms with E-state index < -0.39 is 10.0 Å². The van der Waals surface area contributed by atoms with Crippen molar-refractivity contribution in [2.24, 2.45) is 17.0 Å². The Balaban J connectivity index is 0.00000171. The van der Waals surface area contributed by atoms with Crippen LogP contribution < -0.4 is 11.0 Å². The third kappa shape index (κ3) is 7.11. The third-order valence-electron chi connectivity index (χ3n) is 4.00. The van der Waals surface area contributed by atoms with Gasteiger partial charge in [-0.15, -0.1) is 0 Å². The van der Waals surface area contributed by atoms with Crippen molar-refractivity contribution in [3.63, 3.8) is 0 Å². The van der Waals surface area contributed by atoms with Gasteiger partial charge >= 0.3 is 0 Å². The van der Waals surface area contributed by atoms with Gasteiger partial charge in [0, 0.05) is 11.1 Å². The summed E-state index contributed by atoms with van der Waals surface area (Å²) in [4.78, 5) is 5.28. The standard InChI is InChI=1S/C18H22N2O3S.2C2H6/c1-3-13(2)17(18(23-19)15-7-5-4-6-8-15)14-9-11-16(12-10-14)24(20,21)22;2*1-2/h4-13H,3,19H2,1-2H3,(H2,20,21,22);2*1-2H3/b18-17+;;. The Kier molecular flexibility index (Phi) is 12.1. The number of sulfonamides is 1. The fourth-order valence-electron chi connectivity index (χ4n) is 2.54. The van der Waals surface area contributed by atoms with Crippen LogP contribution in [0, 0.1) is 5.92 Å². The van der Waals surface area contributed by atoms with Crippen LogP contribution >= 0.6 is 0 Å². The number of rotatable bonds is 6. The molecule has 1 atom stereocenters. The number of hydrogen-bond acceptors (Lipinski definition) is 4. The number of benzene rings is 2. The van der Waals surface area contributed by atoms with Crippen LogP contribution in [0.3, 0.4) is 0 Å². The Labute approximate surface area is 170 Å². The Morgan fingerprint density at radius 2 is 1.43 bits per heavy atom. The molecule has 0 fully saturated rings. The van der Waals surface area contributed by atoms with Crippen molar-refractivity contribution in [1.29, 1.82) is 0 Å². The highest BCUT2D eigenvalue weighted by atomic mass is 32.2. The fraction of sp³-hybridized carbons (Fsp3) is 0.364. The van der Waals surface area contributed by atoms with E-state index >= 15 is 0 Å². The number of primary sulfonamides is 1. The minimum absolute atomic E-state index is 0.0738. The first kappa shape index (κ1) is 25.9. The second-order valence-corrected chi connectivity index (χ2v) is 7.17. The second-order valence-electron chi connectivity index (χ2n) is 5.61. The van der Waals surface area contributed by atoms with Crippen LogP contribution in [0.5, 0.6) is 0 Å². The van der Waals surface area contributed by atoms with E-state index in [2.05, 4.69) is 13.8 Å². The molecule has 0 aliphatic carbocycles. The Morgan fingerprint density at radius 3 is 1.82 bits per heavy atom. The SMILES string of the molecule is CC.CC.CCC(C)/C(=C(\ON)c1ccccc1)c1ccc(S(N)(=O)=O)cc1. The van der Waals surface area contributed by atoms with Crippen LogP contribution in [0.2, 0.25) is 0 Å². The fourth-order valence-corrected chi connectivity index (χ4v) is 3.06. The summed E-state index contributed by atoms with van der Waals surface area (Å²) in [6, 6.07) is 16.0. The van der Waals surface area contributed by atoms with Crippen molar-refractivity contribution in [3.05, 3.63) is 65.7 Å². The lowest BCUT2D eigenvalue weighted by molar-refractivity contribution is 0.290. The quantitative estimate of drug-likeness (QED) is 0.392. The predicted octanol–water partition coefficient (Wildman–Crippen LogP) is 5.19. The van der Waals surface area contributed by atoms with Crippen LogP contribution in [0.15, 0.2) is 59.5 Å². The van der Waals surface area contributed by atoms with E-state index in [0.29, 0.717) is 5.76 Å². The molecular weight excluding hydrogens is 372 g/mol. The third-order valence-corrected chi connectivity index (χ3v) is 4.93. The van der Waals surface area contributed by atoms with Gasteiger partial charge in [0.05, 0.1) is 4.90 Å². The molecule has 0 aliphatic rings. The van der Waals surface area contributed by atoms with Gasteiger partial charge in [-0.3, -0.25) is 0 Å². The maximum Gasteiger partial charge on any atom is 0.238 e. The zero-order chi connectivity index (χ0) is 21.7. The van der Waals surface area contributed by atoms with Gasteiger partial charge in [-0.25, -0.2) is 13.6 Å². The number of nitrogens with two attached hydrogens (primary N) is 2. The highest BCUT2D eigenvalue weighted by Crippen LogP contribution is 2.34. The maximum absolute atomic E-state index is 11.4. The summed E-state index contributed by atoms with van der Waals surface area (Å²) >= 11 is 0. The summed E-state index contributed by atoms with van der Waals surface area (Å²) in [5, 5.41) is 5.16. The number of allylic oxidation sites excluding steroid dienone is 1. The highest BCUT2D eigenvalue weighted by molar-refractivity contribution is 7.89. The van der Waals surface area contributed by atoms with Crippen LogP contribution in [-0.4, -0.2) is 8.42 Å². The molecule has 2 aromatic rings. The highest BCUT2D eigenvalue weighted by Gasteiger charge is 2.19. The summed E-state index contributed by atoms with van der Waals surface area (Å²) in [5.74, 6) is 6.31. The minimum atomic E-state index is -3.72. The van der Waals surface area contributed by atoms with E-state index in [1.54, 1.807) is 12.1 Å².